The number of nitrogens with zero attached hydrogens (tertiary/aromatic N) is 3. The second-order valence-electron chi connectivity index (χ2n) is 10.3. The van der Waals surface area contributed by atoms with Crippen molar-refractivity contribution in [3.63, 3.8) is 0 Å². The Hall–Kier alpha value is -3.08. The number of carbonyl (C=O) groups excluding carboxylic acids is 1. The van der Waals surface area contributed by atoms with Crippen LogP contribution < -0.4 is 10.6 Å². The molecule has 2 atom stereocenters. The number of aliphatic carboxylic acids is 1. The molecule has 3 aromatic rings. The van der Waals surface area contributed by atoms with Crippen LogP contribution in [0.25, 0.3) is 16.9 Å². The highest BCUT2D eigenvalue weighted by Crippen LogP contribution is 2.53. The van der Waals surface area contributed by atoms with Gasteiger partial charge in [0, 0.05) is 30.5 Å². The Morgan fingerprint density at radius 1 is 1.24 bits per heavy atom. The standard InChI is InChI=1S/C28H30BrN5O4/c29-22-23(28(24(22)35)10-2-1-3-11-28)32-20(27(36)37)15-17-6-8-18(9-7-17)34-25-19(5-4-12-31-25)33-26(34)21-16-38-14-13-30-21/h4-9,12,20-21,30,32H,1-3,10-11,13-16H2,(H,36,37)/t20-,21?/m0/s1. The maximum absolute atomic E-state index is 12.7. The van der Waals surface area contributed by atoms with Crippen LogP contribution in [0.2, 0.25) is 0 Å². The van der Waals surface area contributed by atoms with Crippen molar-refractivity contribution < 1.29 is 19.4 Å². The van der Waals surface area contributed by atoms with Gasteiger partial charge in [-0.25, -0.2) is 14.8 Å². The average molecular weight is 580 g/mol. The Labute approximate surface area is 228 Å². The number of Topliss-reactive ketones (excluding diaryl/α,β-unsaturated/α-hetero) is 1. The highest BCUT2D eigenvalue weighted by Gasteiger charge is 2.53. The molecule has 1 saturated carbocycles. The number of hydrogen-bond donors (Lipinski definition) is 3. The first kappa shape index (κ1) is 25.2. The van der Waals surface area contributed by atoms with Crippen molar-refractivity contribution in [3.8, 4) is 5.69 Å². The fraction of sp³-hybridized carbons (Fsp3) is 0.429. The topological polar surface area (TPSA) is 118 Å². The van der Waals surface area contributed by atoms with E-state index in [9.17, 15) is 14.7 Å². The smallest absolute Gasteiger partial charge is 0.326 e. The maximum Gasteiger partial charge on any atom is 0.326 e. The third-order valence-corrected chi connectivity index (χ3v) is 8.72. The van der Waals surface area contributed by atoms with Crippen LogP contribution in [0.1, 0.15) is 49.5 Å². The number of aromatic nitrogens is 3. The molecule has 3 heterocycles. The second kappa shape index (κ2) is 10.2. The number of nitrogens with one attached hydrogen (secondary N) is 2. The van der Waals surface area contributed by atoms with Crippen molar-refractivity contribution >= 4 is 38.8 Å². The number of rotatable bonds is 7. The minimum Gasteiger partial charge on any atom is -0.480 e. The third kappa shape index (κ3) is 4.34. The molecular weight excluding hydrogens is 550 g/mol. The van der Waals surface area contributed by atoms with Gasteiger partial charge in [-0.3, -0.25) is 9.36 Å². The number of ether oxygens (including phenoxy) is 1. The van der Waals surface area contributed by atoms with Crippen molar-refractivity contribution in [3.05, 3.63) is 64.2 Å². The highest BCUT2D eigenvalue weighted by molar-refractivity contribution is 9.12. The zero-order chi connectivity index (χ0) is 26.3. The normalized spacial score (nSPS) is 21.9. The van der Waals surface area contributed by atoms with Gasteiger partial charge in [0.15, 0.2) is 11.4 Å². The van der Waals surface area contributed by atoms with Crippen LogP contribution in [0, 0.1) is 5.41 Å². The van der Waals surface area contributed by atoms with Crippen molar-refractivity contribution in [1.29, 1.82) is 0 Å². The lowest BCUT2D eigenvalue weighted by Crippen LogP contribution is -2.53. The summed E-state index contributed by atoms with van der Waals surface area (Å²) in [6.07, 6.45) is 6.68. The number of allylic oxidation sites excluding steroid dienone is 2. The van der Waals surface area contributed by atoms with Gasteiger partial charge in [-0.1, -0.05) is 31.4 Å². The Balaban J connectivity index is 1.25. The molecule has 3 aliphatic rings. The van der Waals surface area contributed by atoms with E-state index in [-0.39, 0.29) is 18.2 Å². The van der Waals surface area contributed by atoms with Gasteiger partial charge >= 0.3 is 5.97 Å². The summed E-state index contributed by atoms with van der Waals surface area (Å²) < 4.78 is 8.21. The van der Waals surface area contributed by atoms with E-state index in [1.807, 2.05) is 41.0 Å². The first-order chi connectivity index (χ1) is 18.5. The first-order valence-corrected chi connectivity index (χ1v) is 14.0. The van der Waals surface area contributed by atoms with Crippen LogP contribution in [0.4, 0.5) is 0 Å². The van der Waals surface area contributed by atoms with Crippen LogP contribution in [0.3, 0.4) is 0 Å². The molecule has 1 spiro atoms. The number of pyridine rings is 1. The van der Waals surface area contributed by atoms with Gasteiger partial charge in [-0.05, 0) is 58.6 Å². The lowest BCUT2D eigenvalue weighted by atomic mass is 9.62. The largest absolute Gasteiger partial charge is 0.480 e. The number of fused-ring (bicyclic) bond motifs is 1. The lowest BCUT2D eigenvalue weighted by molar-refractivity contribution is -0.140. The fourth-order valence-electron chi connectivity index (χ4n) is 5.96. The molecule has 2 aromatic heterocycles. The number of hydrogen-bond acceptors (Lipinski definition) is 7. The Bertz CT molecular complexity index is 1400. The number of benzene rings is 1. The summed E-state index contributed by atoms with van der Waals surface area (Å²) in [4.78, 5) is 34.4. The van der Waals surface area contributed by atoms with Crippen molar-refractivity contribution in [2.24, 2.45) is 5.41 Å². The molecule has 0 bridgehead atoms. The second-order valence-corrected chi connectivity index (χ2v) is 11.1. The predicted octanol–water partition coefficient (Wildman–Crippen LogP) is 3.81. The molecule has 38 heavy (non-hydrogen) atoms. The number of carboxylic acids is 1. The molecule has 9 nitrogen and oxygen atoms in total. The van der Waals surface area contributed by atoms with Gasteiger partial charge in [0.1, 0.15) is 17.4 Å². The Morgan fingerprint density at radius 2 is 2.03 bits per heavy atom. The Kier molecular flexibility index (Phi) is 6.79. The van der Waals surface area contributed by atoms with Crippen LogP contribution >= 0.6 is 15.9 Å². The summed E-state index contributed by atoms with van der Waals surface area (Å²) in [6, 6.07) is 10.8. The fourth-order valence-corrected chi connectivity index (χ4v) is 6.83. The molecule has 2 aliphatic carbocycles. The summed E-state index contributed by atoms with van der Waals surface area (Å²) in [5.41, 5.74) is 3.56. The van der Waals surface area contributed by atoms with E-state index in [2.05, 4.69) is 31.5 Å². The van der Waals surface area contributed by atoms with Crippen molar-refractivity contribution in [2.45, 2.75) is 50.6 Å². The molecule has 1 aliphatic heterocycles. The number of ketones is 1. The van der Waals surface area contributed by atoms with E-state index < -0.39 is 17.4 Å². The van der Waals surface area contributed by atoms with Gasteiger partial charge < -0.3 is 20.5 Å². The number of carboxylic acid groups (broad SMARTS) is 1. The quantitative estimate of drug-likeness (QED) is 0.386. The summed E-state index contributed by atoms with van der Waals surface area (Å²) >= 11 is 3.40. The van der Waals surface area contributed by atoms with E-state index >= 15 is 0 Å². The van der Waals surface area contributed by atoms with Crippen molar-refractivity contribution in [1.82, 2.24) is 25.2 Å². The molecule has 0 radical (unpaired) electrons. The monoisotopic (exact) mass is 579 g/mol. The molecular formula is C28H30BrN5O4. The van der Waals surface area contributed by atoms with Crippen LogP contribution in [-0.4, -0.2) is 57.2 Å². The van der Waals surface area contributed by atoms with Gasteiger partial charge in [-0.2, -0.15) is 0 Å². The minimum atomic E-state index is -0.942. The van der Waals surface area contributed by atoms with E-state index in [4.69, 9.17) is 9.72 Å². The molecule has 3 N–H and O–H groups in total. The van der Waals surface area contributed by atoms with Crippen LogP contribution in [-0.2, 0) is 20.7 Å². The molecule has 1 aromatic carbocycles. The minimum absolute atomic E-state index is 0.0535. The SMILES string of the molecule is O=C(O)[C@H](Cc1ccc(-n2c(C3COCCN3)nc3cccnc32)cc1)NC1=C(Br)C(=O)C12CCCCC2. The first-order valence-electron chi connectivity index (χ1n) is 13.2. The predicted molar refractivity (Wildman–Crippen MR) is 145 cm³/mol. The Morgan fingerprint density at radius 3 is 2.74 bits per heavy atom. The zero-order valence-corrected chi connectivity index (χ0v) is 22.5. The van der Waals surface area contributed by atoms with Crippen molar-refractivity contribution in [2.75, 3.05) is 19.8 Å². The number of halogens is 1. The maximum atomic E-state index is 12.7. The van der Waals surface area contributed by atoms with Crippen LogP contribution in [0.15, 0.2) is 52.8 Å². The lowest BCUT2D eigenvalue weighted by Gasteiger charge is -2.46. The molecule has 0 amide bonds. The summed E-state index contributed by atoms with van der Waals surface area (Å²) in [6.45, 7) is 1.96. The summed E-state index contributed by atoms with van der Waals surface area (Å²) in [7, 11) is 0. The summed E-state index contributed by atoms with van der Waals surface area (Å²) in [5, 5.41) is 16.7. The van der Waals surface area contributed by atoms with Gasteiger partial charge in [-0.15, -0.1) is 0 Å². The summed E-state index contributed by atoms with van der Waals surface area (Å²) in [5.74, 6) is -0.00823. The molecule has 6 rings (SSSR count). The molecule has 1 unspecified atom stereocenters. The number of imidazole rings is 1. The van der Waals surface area contributed by atoms with E-state index in [1.54, 1.807) is 6.20 Å². The highest BCUT2D eigenvalue weighted by atomic mass is 79.9. The molecule has 10 heteroatoms. The van der Waals surface area contributed by atoms with Gasteiger partial charge in [0.25, 0.3) is 0 Å². The number of morpholine rings is 1. The van der Waals surface area contributed by atoms with Gasteiger partial charge in [0.2, 0.25) is 0 Å². The van der Waals surface area contributed by atoms with E-state index in [1.165, 1.54) is 0 Å². The zero-order valence-electron chi connectivity index (χ0n) is 21.0. The van der Waals surface area contributed by atoms with Crippen LogP contribution in [0.5, 0.6) is 0 Å². The molecule has 2 fully saturated rings. The third-order valence-electron chi connectivity index (χ3n) is 7.97. The van der Waals surface area contributed by atoms with Gasteiger partial charge in [0.05, 0.1) is 29.2 Å². The molecule has 198 valence electrons. The van der Waals surface area contributed by atoms with E-state index in [0.717, 1.165) is 72.6 Å². The average Bonchev–Trinajstić information content (AvgIpc) is 3.35. The number of carbonyl (C=O) groups is 2. The molecule has 1 saturated heterocycles. The van der Waals surface area contributed by atoms with E-state index in [0.29, 0.717) is 17.7 Å².